The van der Waals surface area contributed by atoms with Crippen LogP contribution >= 0.6 is 11.6 Å². The van der Waals surface area contributed by atoms with Crippen molar-refractivity contribution in [2.45, 2.75) is 18.4 Å². The number of aryl methyl sites for hydroxylation is 1. The summed E-state index contributed by atoms with van der Waals surface area (Å²) in [5.41, 5.74) is 6.72. The number of hydrogen-bond donors (Lipinski definition) is 2. The van der Waals surface area contributed by atoms with Crippen LogP contribution < -0.4 is 10.5 Å². The summed E-state index contributed by atoms with van der Waals surface area (Å²) in [4.78, 5) is -0.131. The lowest BCUT2D eigenvalue weighted by atomic mass is 10.2. The summed E-state index contributed by atoms with van der Waals surface area (Å²) in [5.74, 6) is -0.657. The van der Waals surface area contributed by atoms with Crippen molar-refractivity contribution in [2.75, 3.05) is 4.72 Å². The van der Waals surface area contributed by atoms with Crippen molar-refractivity contribution in [3.8, 4) is 0 Å². The average Bonchev–Trinajstić information content (AvgIpc) is 2.43. The Labute approximate surface area is 127 Å². The Morgan fingerprint density at radius 2 is 1.95 bits per heavy atom. The second-order valence-corrected chi connectivity index (χ2v) is 6.62. The Bertz CT molecular complexity index is 779. The van der Waals surface area contributed by atoms with E-state index in [1.165, 1.54) is 24.3 Å². The summed E-state index contributed by atoms with van der Waals surface area (Å²) in [5, 5.41) is 0.0489. The smallest absolute Gasteiger partial charge is 0.263 e. The van der Waals surface area contributed by atoms with E-state index in [0.29, 0.717) is 5.56 Å². The number of sulfonamides is 1. The Hall–Kier alpha value is -1.63. The minimum Gasteiger partial charge on any atom is -0.326 e. The highest BCUT2D eigenvalue weighted by molar-refractivity contribution is 7.92. The number of benzene rings is 2. The van der Waals surface area contributed by atoms with E-state index < -0.39 is 15.8 Å². The summed E-state index contributed by atoms with van der Waals surface area (Å²) in [6.45, 7) is 1.91. The van der Waals surface area contributed by atoms with Gasteiger partial charge in [-0.2, -0.15) is 0 Å². The van der Waals surface area contributed by atoms with Crippen LogP contribution in [0.2, 0.25) is 5.02 Å². The molecule has 0 fully saturated rings. The second-order valence-electron chi connectivity index (χ2n) is 4.56. The highest BCUT2D eigenvalue weighted by Crippen LogP contribution is 2.26. The first-order valence-electron chi connectivity index (χ1n) is 6.11. The topological polar surface area (TPSA) is 72.2 Å². The minimum atomic E-state index is -3.99. The van der Waals surface area contributed by atoms with E-state index in [-0.39, 0.29) is 22.2 Å². The van der Waals surface area contributed by atoms with Crippen molar-refractivity contribution in [3.05, 3.63) is 58.4 Å². The zero-order chi connectivity index (χ0) is 15.6. The van der Waals surface area contributed by atoms with Crippen molar-refractivity contribution in [1.82, 2.24) is 0 Å². The number of anilines is 1. The predicted octanol–water partition coefficient (Wildman–Crippen LogP) is 3.05. The number of halogens is 2. The van der Waals surface area contributed by atoms with Crippen LogP contribution in [0.15, 0.2) is 41.3 Å². The summed E-state index contributed by atoms with van der Waals surface area (Å²) >= 11 is 5.92. The van der Waals surface area contributed by atoms with Gasteiger partial charge < -0.3 is 5.73 Å². The number of rotatable bonds is 4. The molecule has 0 aliphatic rings. The van der Waals surface area contributed by atoms with E-state index in [2.05, 4.69) is 4.72 Å². The average molecular weight is 329 g/mol. The molecule has 0 aliphatic carbocycles. The lowest BCUT2D eigenvalue weighted by molar-refractivity contribution is 0.598. The molecule has 2 rings (SSSR count). The zero-order valence-corrected chi connectivity index (χ0v) is 12.8. The normalized spacial score (nSPS) is 11.4. The molecule has 3 N–H and O–H groups in total. The van der Waals surface area contributed by atoms with Crippen LogP contribution in [0.5, 0.6) is 0 Å². The number of hydrogen-bond acceptors (Lipinski definition) is 3. The van der Waals surface area contributed by atoms with Crippen LogP contribution in [-0.2, 0) is 16.6 Å². The third-order valence-corrected chi connectivity index (χ3v) is 4.73. The molecule has 4 nitrogen and oxygen atoms in total. The zero-order valence-electron chi connectivity index (χ0n) is 11.2. The molecule has 0 aliphatic heterocycles. The maximum absolute atomic E-state index is 13.7. The van der Waals surface area contributed by atoms with Crippen molar-refractivity contribution >= 4 is 27.3 Å². The van der Waals surface area contributed by atoms with E-state index >= 15 is 0 Å². The molecule has 0 spiro atoms. The van der Waals surface area contributed by atoms with E-state index in [0.717, 1.165) is 5.56 Å². The fourth-order valence-corrected chi connectivity index (χ4v) is 3.41. The standard InChI is InChI=1S/C14H14ClFN2O2S/c1-9-2-5-12(16)13(6-9)18-21(19,20)14-7-10(8-17)3-4-11(14)15/h2-7,18H,8,17H2,1H3. The van der Waals surface area contributed by atoms with Gasteiger partial charge in [0.1, 0.15) is 10.7 Å². The highest BCUT2D eigenvalue weighted by Gasteiger charge is 2.20. The highest BCUT2D eigenvalue weighted by atomic mass is 35.5. The van der Waals surface area contributed by atoms with Gasteiger partial charge >= 0.3 is 0 Å². The number of nitrogens with one attached hydrogen (secondary N) is 1. The molecule has 2 aromatic rings. The van der Waals surface area contributed by atoms with Crippen LogP contribution in [0.3, 0.4) is 0 Å². The molecule has 0 saturated heterocycles. The molecule has 0 atom stereocenters. The molecule has 7 heteroatoms. The molecular formula is C14H14ClFN2O2S. The second kappa shape index (κ2) is 6.01. The molecule has 0 bridgehead atoms. The molecule has 0 radical (unpaired) electrons. The SMILES string of the molecule is Cc1ccc(F)c(NS(=O)(=O)c2cc(CN)ccc2Cl)c1. The molecule has 0 unspecified atom stereocenters. The predicted molar refractivity (Wildman–Crippen MR) is 81.3 cm³/mol. The van der Waals surface area contributed by atoms with E-state index in [1.54, 1.807) is 19.1 Å². The quantitative estimate of drug-likeness (QED) is 0.906. The van der Waals surface area contributed by atoms with Gasteiger partial charge in [0, 0.05) is 6.54 Å². The van der Waals surface area contributed by atoms with Gasteiger partial charge in [-0.05, 0) is 42.3 Å². The maximum Gasteiger partial charge on any atom is 0.263 e. The van der Waals surface area contributed by atoms with Gasteiger partial charge in [0.05, 0.1) is 10.7 Å². The number of nitrogens with two attached hydrogens (primary N) is 1. The first-order chi connectivity index (χ1) is 9.83. The molecular weight excluding hydrogens is 315 g/mol. The van der Waals surface area contributed by atoms with Gasteiger partial charge in [-0.25, -0.2) is 12.8 Å². The summed E-state index contributed by atoms with van der Waals surface area (Å²) in [7, 11) is -3.99. The first kappa shape index (κ1) is 15.8. The molecule has 112 valence electrons. The summed E-state index contributed by atoms with van der Waals surface area (Å²) in [6, 6.07) is 8.62. The molecule has 21 heavy (non-hydrogen) atoms. The third kappa shape index (κ3) is 3.53. The maximum atomic E-state index is 13.7. The van der Waals surface area contributed by atoms with Gasteiger partial charge in [0.2, 0.25) is 0 Å². The molecule has 0 heterocycles. The molecule has 0 aromatic heterocycles. The van der Waals surface area contributed by atoms with Gasteiger partial charge in [-0.1, -0.05) is 23.7 Å². The Morgan fingerprint density at radius 3 is 2.62 bits per heavy atom. The van der Waals surface area contributed by atoms with Gasteiger partial charge in [-0.3, -0.25) is 4.72 Å². The van der Waals surface area contributed by atoms with Crippen LogP contribution in [0.1, 0.15) is 11.1 Å². The first-order valence-corrected chi connectivity index (χ1v) is 7.97. The van der Waals surface area contributed by atoms with Crippen molar-refractivity contribution < 1.29 is 12.8 Å². The van der Waals surface area contributed by atoms with E-state index in [9.17, 15) is 12.8 Å². The summed E-state index contributed by atoms with van der Waals surface area (Å²) in [6.07, 6.45) is 0. The van der Waals surface area contributed by atoms with Crippen LogP contribution in [0, 0.1) is 12.7 Å². The van der Waals surface area contributed by atoms with Crippen LogP contribution in [-0.4, -0.2) is 8.42 Å². The van der Waals surface area contributed by atoms with Crippen molar-refractivity contribution in [2.24, 2.45) is 5.73 Å². The summed E-state index contributed by atoms with van der Waals surface area (Å²) < 4.78 is 40.6. The van der Waals surface area contributed by atoms with Crippen molar-refractivity contribution in [3.63, 3.8) is 0 Å². The molecule has 0 saturated carbocycles. The van der Waals surface area contributed by atoms with Crippen LogP contribution in [0.4, 0.5) is 10.1 Å². The molecule has 0 amide bonds. The van der Waals surface area contributed by atoms with E-state index in [1.807, 2.05) is 0 Å². The Balaban J connectivity index is 2.45. The fraction of sp³-hybridized carbons (Fsp3) is 0.143. The van der Waals surface area contributed by atoms with Crippen molar-refractivity contribution in [1.29, 1.82) is 0 Å². The Kier molecular flexibility index (Phi) is 4.51. The monoisotopic (exact) mass is 328 g/mol. The van der Waals surface area contributed by atoms with Crippen LogP contribution in [0.25, 0.3) is 0 Å². The lowest BCUT2D eigenvalue weighted by Crippen LogP contribution is -2.15. The fourth-order valence-electron chi connectivity index (χ4n) is 1.80. The van der Waals surface area contributed by atoms with Gasteiger partial charge in [0.25, 0.3) is 10.0 Å². The Morgan fingerprint density at radius 1 is 1.24 bits per heavy atom. The minimum absolute atomic E-state index is 0.0489. The lowest BCUT2D eigenvalue weighted by Gasteiger charge is -2.12. The molecule has 2 aromatic carbocycles. The van der Waals surface area contributed by atoms with E-state index in [4.69, 9.17) is 17.3 Å². The van der Waals surface area contributed by atoms with Gasteiger partial charge in [0.15, 0.2) is 0 Å². The van der Waals surface area contributed by atoms with Gasteiger partial charge in [-0.15, -0.1) is 0 Å². The largest absolute Gasteiger partial charge is 0.326 e. The third-order valence-electron chi connectivity index (χ3n) is 2.89.